The fraction of sp³-hybridized carbons (Fsp3) is 0.0870. The van der Waals surface area contributed by atoms with Crippen LogP contribution < -0.4 is 4.90 Å². The Bertz CT molecular complexity index is 1260. The highest BCUT2D eigenvalue weighted by atomic mass is 16.4. The molecule has 2 heterocycles. The normalized spacial score (nSPS) is 16.1. The van der Waals surface area contributed by atoms with Crippen molar-refractivity contribution in [3.8, 4) is 0 Å². The van der Waals surface area contributed by atoms with Crippen LogP contribution in [0, 0.1) is 0 Å². The molecule has 1 aliphatic carbocycles. The first-order valence-electron chi connectivity index (χ1n) is 9.40. The van der Waals surface area contributed by atoms with Gasteiger partial charge in [0, 0.05) is 17.9 Å². The summed E-state index contributed by atoms with van der Waals surface area (Å²) < 4.78 is 0. The van der Waals surface area contributed by atoms with Crippen molar-refractivity contribution in [1.82, 2.24) is 9.97 Å². The Balaban J connectivity index is 1.48. The minimum absolute atomic E-state index is 0.0506. The number of benzene rings is 2. The molecule has 7 heteroatoms. The lowest BCUT2D eigenvalue weighted by Gasteiger charge is -2.19. The van der Waals surface area contributed by atoms with Gasteiger partial charge >= 0.3 is 5.97 Å². The predicted molar refractivity (Wildman–Crippen MR) is 109 cm³/mol. The van der Waals surface area contributed by atoms with E-state index in [1.807, 2.05) is 36.4 Å². The lowest BCUT2D eigenvalue weighted by Crippen LogP contribution is -2.12. The Labute approximate surface area is 171 Å². The molecule has 1 aromatic heterocycles. The first-order valence-corrected chi connectivity index (χ1v) is 9.40. The van der Waals surface area contributed by atoms with E-state index in [-0.39, 0.29) is 22.7 Å². The van der Waals surface area contributed by atoms with Crippen LogP contribution in [-0.4, -0.2) is 39.2 Å². The van der Waals surface area contributed by atoms with Gasteiger partial charge in [0.15, 0.2) is 5.69 Å². The van der Waals surface area contributed by atoms with Gasteiger partial charge in [-0.25, -0.2) is 14.8 Å². The van der Waals surface area contributed by atoms with E-state index in [4.69, 9.17) is 5.11 Å². The quantitative estimate of drug-likeness (QED) is 0.534. The van der Waals surface area contributed by atoms with Gasteiger partial charge in [0.05, 0.1) is 11.8 Å². The second-order valence-corrected chi connectivity index (χ2v) is 7.10. The summed E-state index contributed by atoms with van der Waals surface area (Å²) in [6.45, 7) is 0.856. The van der Waals surface area contributed by atoms with E-state index >= 15 is 0 Å². The summed E-state index contributed by atoms with van der Waals surface area (Å²) >= 11 is 0. The molecule has 0 bridgehead atoms. The fourth-order valence-corrected chi connectivity index (χ4v) is 3.86. The number of carbonyl (C=O) groups excluding carboxylic acids is 2. The summed E-state index contributed by atoms with van der Waals surface area (Å²) in [7, 11) is 0. The Morgan fingerprint density at radius 3 is 2.57 bits per heavy atom. The predicted octanol–water partition coefficient (Wildman–Crippen LogP) is 3.33. The summed E-state index contributed by atoms with van der Waals surface area (Å²) in [5, 5.41) is 9.05. The number of aromatic carboxylic acids is 1. The number of para-hydroxylation sites is 1. The zero-order chi connectivity index (χ0) is 20.8. The van der Waals surface area contributed by atoms with E-state index in [0.29, 0.717) is 0 Å². The summed E-state index contributed by atoms with van der Waals surface area (Å²) in [4.78, 5) is 46.2. The number of carboxylic acids is 1. The molecule has 7 nitrogen and oxygen atoms in total. The van der Waals surface area contributed by atoms with Gasteiger partial charge < -0.3 is 10.0 Å². The molecule has 1 aliphatic heterocycles. The number of nitrogens with zero attached hydrogens (tertiary/aromatic N) is 3. The van der Waals surface area contributed by atoms with Crippen LogP contribution >= 0.6 is 0 Å². The molecular weight excluding hydrogens is 382 g/mol. The van der Waals surface area contributed by atoms with Crippen molar-refractivity contribution in [2.75, 3.05) is 11.4 Å². The SMILES string of the molecule is O=C(O)c1cnc2c(n1)C(=O)C(=Cc1ccc3c(c1)CCN3c1ccccc1)C2=O. The molecule has 0 saturated heterocycles. The van der Waals surface area contributed by atoms with E-state index < -0.39 is 17.5 Å². The van der Waals surface area contributed by atoms with Crippen LogP contribution in [0.2, 0.25) is 0 Å². The van der Waals surface area contributed by atoms with Crippen molar-refractivity contribution in [3.05, 3.63) is 88.5 Å². The highest BCUT2D eigenvalue weighted by Crippen LogP contribution is 2.35. The molecule has 0 saturated carbocycles. The van der Waals surface area contributed by atoms with Crippen molar-refractivity contribution >= 4 is 35.0 Å². The number of anilines is 2. The second kappa shape index (κ2) is 6.73. The molecule has 0 amide bonds. The molecule has 0 spiro atoms. The number of fused-ring (bicyclic) bond motifs is 2. The maximum Gasteiger partial charge on any atom is 0.356 e. The highest BCUT2D eigenvalue weighted by molar-refractivity contribution is 6.40. The van der Waals surface area contributed by atoms with Gasteiger partial charge in [-0.15, -0.1) is 0 Å². The van der Waals surface area contributed by atoms with Crippen LogP contribution in [0.15, 0.2) is 60.3 Å². The lowest BCUT2D eigenvalue weighted by molar-refractivity contribution is 0.0689. The third kappa shape index (κ3) is 2.79. The molecule has 1 N–H and O–H groups in total. The minimum atomic E-state index is -1.30. The first-order chi connectivity index (χ1) is 14.5. The number of rotatable bonds is 3. The number of carbonyl (C=O) groups is 3. The number of Topliss-reactive ketones (excluding diaryl/α,β-unsaturated/α-hetero) is 2. The number of carboxylic acid groups (broad SMARTS) is 1. The Kier molecular flexibility index (Phi) is 4.03. The fourth-order valence-electron chi connectivity index (χ4n) is 3.86. The molecule has 0 atom stereocenters. The van der Waals surface area contributed by atoms with E-state index in [9.17, 15) is 14.4 Å². The number of aromatic nitrogens is 2. The third-order valence-electron chi connectivity index (χ3n) is 5.29. The highest BCUT2D eigenvalue weighted by Gasteiger charge is 2.37. The van der Waals surface area contributed by atoms with Gasteiger partial charge in [-0.1, -0.05) is 24.3 Å². The molecule has 2 aliphatic rings. The molecule has 3 aromatic rings. The molecule has 0 fully saturated rings. The van der Waals surface area contributed by atoms with Crippen LogP contribution in [0.3, 0.4) is 0 Å². The number of hydrogen-bond acceptors (Lipinski definition) is 6. The standard InChI is InChI=1S/C23H15N3O4/c27-21-16(22(28)20-19(21)24-12-17(25-20)23(29)30)11-13-6-7-18-14(10-13)8-9-26(18)15-4-2-1-3-5-15/h1-7,10-12H,8-9H2,(H,29,30). The molecule has 0 unspecified atom stereocenters. The number of hydrogen-bond donors (Lipinski definition) is 1. The lowest BCUT2D eigenvalue weighted by atomic mass is 10.0. The average Bonchev–Trinajstić information content (AvgIpc) is 3.29. The zero-order valence-electron chi connectivity index (χ0n) is 15.7. The van der Waals surface area contributed by atoms with Gasteiger partial charge in [0.25, 0.3) is 0 Å². The number of allylic oxidation sites excluding steroid dienone is 1. The van der Waals surface area contributed by atoms with E-state index in [1.165, 1.54) is 6.08 Å². The second-order valence-electron chi connectivity index (χ2n) is 7.10. The van der Waals surface area contributed by atoms with Gasteiger partial charge in [0.2, 0.25) is 11.6 Å². The average molecular weight is 397 g/mol. The van der Waals surface area contributed by atoms with Crippen LogP contribution in [-0.2, 0) is 6.42 Å². The maximum atomic E-state index is 12.7. The van der Waals surface area contributed by atoms with Crippen molar-refractivity contribution in [2.24, 2.45) is 0 Å². The number of ketones is 2. The molecule has 5 rings (SSSR count). The molecule has 0 radical (unpaired) electrons. The van der Waals surface area contributed by atoms with E-state index in [2.05, 4.69) is 27.0 Å². The van der Waals surface area contributed by atoms with E-state index in [1.54, 1.807) is 0 Å². The Hall–Kier alpha value is -4.13. The maximum absolute atomic E-state index is 12.7. The topological polar surface area (TPSA) is 100 Å². The van der Waals surface area contributed by atoms with Gasteiger partial charge in [-0.3, -0.25) is 9.59 Å². The van der Waals surface area contributed by atoms with Gasteiger partial charge in [-0.2, -0.15) is 0 Å². The molecular formula is C23H15N3O4. The smallest absolute Gasteiger partial charge is 0.356 e. The van der Waals surface area contributed by atoms with Crippen LogP contribution in [0.25, 0.3) is 6.08 Å². The summed E-state index contributed by atoms with van der Waals surface area (Å²) in [5.41, 5.74) is 3.35. The summed E-state index contributed by atoms with van der Waals surface area (Å²) in [5.74, 6) is -2.44. The third-order valence-corrected chi connectivity index (χ3v) is 5.29. The zero-order valence-corrected chi connectivity index (χ0v) is 15.7. The van der Waals surface area contributed by atoms with Crippen molar-refractivity contribution in [1.29, 1.82) is 0 Å². The van der Waals surface area contributed by atoms with Crippen LogP contribution in [0.1, 0.15) is 42.6 Å². The van der Waals surface area contributed by atoms with Crippen LogP contribution in [0.4, 0.5) is 11.4 Å². The van der Waals surface area contributed by atoms with Gasteiger partial charge in [0.1, 0.15) is 11.4 Å². The van der Waals surface area contributed by atoms with Gasteiger partial charge in [-0.05, 0) is 47.9 Å². The Morgan fingerprint density at radius 2 is 1.80 bits per heavy atom. The van der Waals surface area contributed by atoms with Crippen LogP contribution in [0.5, 0.6) is 0 Å². The molecule has 146 valence electrons. The van der Waals surface area contributed by atoms with Crippen molar-refractivity contribution < 1.29 is 19.5 Å². The molecule has 30 heavy (non-hydrogen) atoms. The summed E-state index contributed by atoms with van der Waals surface area (Å²) in [6.07, 6.45) is 3.37. The Morgan fingerprint density at radius 1 is 1.03 bits per heavy atom. The minimum Gasteiger partial charge on any atom is -0.476 e. The molecule has 2 aromatic carbocycles. The largest absolute Gasteiger partial charge is 0.476 e. The van der Waals surface area contributed by atoms with Crippen molar-refractivity contribution in [3.63, 3.8) is 0 Å². The first kappa shape index (κ1) is 17.9. The van der Waals surface area contributed by atoms with Crippen molar-refractivity contribution in [2.45, 2.75) is 6.42 Å². The monoisotopic (exact) mass is 397 g/mol. The van der Waals surface area contributed by atoms with E-state index in [0.717, 1.165) is 41.7 Å². The summed E-state index contributed by atoms with van der Waals surface area (Å²) in [6, 6.07) is 15.9.